The highest BCUT2D eigenvalue weighted by Gasteiger charge is 2.52. The molecule has 0 aromatic heterocycles. The van der Waals surface area contributed by atoms with E-state index in [4.69, 9.17) is 47.6 Å². The molecule has 2 saturated heterocycles. The predicted molar refractivity (Wildman–Crippen MR) is 137 cm³/mol. The van der Waals surface area contributed by atoms with Gasteiger partial charge in [-0.25, -0.2) is 0 Å². The third-order valence-corrected chi connectivity index (χ3v) is 7.78. The molecule has 228 valence electrons. The van der Waals surface area contributed by atoms with Crippen LogP contribution in [0.15, 0.2) is 0 Å². The molecule has 16 heteroatoms. The smallest absolute Gasteiger partial charge is 0.250 e. The Labute approximate surface area is 227 Å². The van der Waals surface area contributed by atoms with Crippen molar-refractivity contribution in [1.82, 2.24) is 10.6 Å². The average molecular weight is 566 g/mol. The molecule has 39 heavy (non-hydrogen) atoms. The lowest BCUT2D eigenvalue weighted by Crippen LogP contribution is -2.70. The second-order valence-corrected chi connectivity index (χ2v) is 10.9. The number of rotatable bonds is 10. The minimum Gasteiger partial charge on any atom is -0.388 e. The Kier molecular flexibility index (Phi) is 11.4. The zero-order valence-electron chi connectivity index (χ0n) is 22.5. The number of carbonyl (C=O) groups is 1. The van der Waals surface area contributed by atoms with Crippen LogP contribution in [0.1, 0.15) is 26.2 Å². The van der Waals surface area contributed by atoms with Crippen molar-refractivity contribution in [3.63, 3.8) is 0 Å². The number of hydrogen-bond donors (Lipinski definition) is 11. The topological polar surface area (TPSA) is 289 Å². The zero-order valence-corrected chi connectivity index (χ0v) is 22.5. The number of nitrogens with two attached hydrogens (primary N) is 5. The normalized spacial score (nSPS) is 44.9. The molecule has 1 aliphatic carbocycles. The minimum absolute atomic E-state index is 0.0426. The molecule has 14 atom stereocenters. The van der Waals surface area contributed by atoms with Crippen molar-refractivity contribution in [2.24, 2.45) is 28.7 Å². The number of ether oxygens (including phenoxy) is 4. The van der Waals surface area contributed by atoms with Crippen LogP contribution in [0.2, 0.25) is 0 Å². The van der Waals surface area contributed by atoms with Crippen LogP contribution in [0.3, 0.4) is 0 Å². The van der Waals surface area contributed by atoms with Crippen LogP contribution >= 0.6 is 0 Å². The Hall–Kier alpha value is -1.09. The van der Waals surface area contributed by atoms with Gasteiger partial charge in [-0.2, -0.15) is 0 Å². The van der Waals surface area contributed by atoms with Crippen LogP contribution in [-0.4, -0.2) is 138 Å². The van der Waals surface area contributed by atoms with E-state index in [1.54, 1.807) is 7.05 Å². The molecule has 16 nitrogen and oxygen atoms in total. The highest BCUT2D eigenvalue weighted by atomic mass is 16.7. The van der Waals surface area contributed by atoms with Gasteiger partial charge in [0.05, 0.1) is 36.9 Å². The molecule has 16 N–H and O–H groups in total. The second kappa shape index (κ2) is 13.7. The van der Waals surface area contributed by atoms with Gasteiger partial charge < -0.3 is 78.7 Å². The van der Waals surface area contributed by atoms with Gasteiger partial charge in [0, 0.05) is 19.1 Å². The first-order valence-corrected chi connectivity index (χ1v) is 13.3. The van der Waals surface area contributed by atoms with Gasteiger partial charge in [0.25, 0.3) is 5.91 Å². The van der Waals surface area contributed by atoms with Gasteiger partial charge in [-0.1, -0.05) is 0 Å². The first-order chi connectivity index (χ1) is 18.3. The molecule has 0 bridgehead atoms. The van der Waals surface area contributed by atoms with E-state index in [-0.39, 0.29) is 32.2 Å². The van der Waals surface area contributed by atoms with E-state index in [9.17, 15) is 25.2 Å². The molecule has 1 amide bonds. The summed E-state index contributed by atoms with van der Waals surface area (Å²) in [6.45, 7) is 1.44. The van der Waals surface area contributed by atoms with Gasteiger partial charge in [-0.3, -0.25) is 4.79 Å². The van der Waals surface area contributed by atoms with Crippen LogP contribution in [0.25, 0.3) is 0 Å². The zero-order chi connectivity index (χ0) is 29.1. The predicted octanol–water partition coefficient (Wildman–Crippen LogP) is -6.17. The third-order valence-electron chi connectivity index (χ3n) is 7.78. The van der Waals surface area contributed by atoms with Crippen molar-refractivity contribution in [2.45, 2.75) is 111 Å². The molecule has 2 aliphatic heterocycles. The first-order valence-electron chi connectivity index (χ1n) is 13.3. The SMILES string of the molecule is CN[C@@H]1C(O)[C@@H](OC2C(O)C(O[C@H]3O[C@H](CN)CCC3N)[C@@H](N)C[C@H]2NC(=O)[C@@H](O)[C@H](N)CN)OCC1(C)O. The summed E-state index contributed by atoms with van der Waals surface area (Å²) >= 11 is 0. The van der Waals surface area contributed by atoms with Crippen LogP contribution in [0.5, 0.6) is 0 Å². The largest absolute Gasteiger partial charge is 0.388 e. The molecule has 0 aromatic rings. The number of aliphatic hydroxyl groups is 4. The average Bonchev–Trinajstić information content (AvgIpc) is 2.89. The summed E-state index contributed by atoms with van der Waals surface area (Å²) in [6, 6.07) is -4.11. The Balaban J connectivity index is 1.83. The standard InChI is InChI=1S/C23H47N7O9/c1-23(35)8-36-22(16(33)19(23)29-2)39-18-13(30-20(34)14(31)12(28)7-25)5-11(27)17(15(18)32)38-21-10(26)4-3-9(6-24)37-21/h9-19,21-22,29,31-33,35H,3-8,24-28H2,1-2H3,(H,30,34)/t9-,10?,11-,12+,13+,14-,15?,16?,17?,18?,19+,21+,22+,23?/m0/s1. The Morgan fingerprint density at radius 3 is 2.38 bits per heavy atom. The molecule has 1 saturated carbocycles. The number of hydrogen-bond acceptors (Lipinski definition) is 15. The van der Waals surface area contributed by atoms with E-state index >= 15 is 0 Å². The Morgan fingerprint density at radius 1 is 1.10 bits per heavy atom. The Morgan fingerprint density at radius 2 is 1.77 bits per heavy atom. The summed E-state index contributed by atoms with van der Waals surface area (Å²) < 4.78 is 23.6. The fourth-order valence-electron chi connectivity index (χ4n) is 5.38. The molecular formula is C23H47N7O9. The summed E-state index contributed by atoms with van der Waals surface area (Å²) in [6.07, 6.45) is -7.88. The monoisotopic (exact) mass is 565 g/mol. The van der Waals surface area contributed by atoms with Crippen LogP contribution in [-0.2, 0) is 23.7 Å². The Bertz CT molecular complexity index is 799. The maximum atomic E-state index is 12.7. The lowest BCUT2D eigenvalue weighted by Gasteiger charge is -2.49. The molecule has 6 unspecified atom stereocenters. The molecular weight excluding hydrogens is 518 g/mol. The van der Waals surface area contributed by atoms with Crippen molar-refractivity contribution in [1.29, 1.82) is 0 Å². The fourth-order valence-corrected chi connectivity index (χ4v) is 5.38. The van der Waals surface area contributed by atoms with E-state index < -0.39 is 84.8 Å². The summed E-state index contributed by atoms with van der Waals surface area (Å²) in [4.78, 5) is 12.7. The molecule has 0 spiro atoms. The molecule has 0 radical (unpaired) electrons. The van der Waals surface area contributed by atoms with Crippen LogP contribution in [0.4, 0.5) is 0 Å². The minimum atomic E-state index is -1.62. The lowest BCUT2D eigenvalue weighted by molar-refractivity contribution is -0.307. The van der Waals surface area contributed by atoms with Crippen LogP contribution < -0.4 is 39.3 Å². The third kappa shape index (κ3) is 7.41. The van der Waals surface area contributed by atoms with E-state index in [1.807, 2.05) is 0 Å². The summed E-state index contributed by atoms with van der Waals surface area (Å²) in [5.41, 5.74) is 28.1. The van der Waals surface area contributed by atoms with E-state index in [1.165, 1.54) is 6.92 Å². The van der Waals surface area contributed by atoms with Crippen molar-refractivity contribution in [3.05, 3.63) is 0 Å². The maximum Gasteiger partial charge on any atom is 0.250 e. The summed E-state index contributed by atoms with van der Waals surface area (Å²) in [5, 5.41) is 48.6. The molecule has 2 heterocycles. The first kappa shape index (κ1) is 32.4. The molecule has 0 aromatic carbocycles. The van der Waals surface area contributed by atoms with Crippen molar-refractivity contribution < 1.29 is 44.2 Å². The van der Waals surface area contributed by atoms with Gasteiger partial charge in [0.15, 0.2) is 12.6 Å². The van der Waals surface area contributed by atoms with Gasteiger partial charge >= 0.3 is 0 Å². The number of carbonyl (C=O) groups excluding carboxylic acids is 1. The van der Waals surface area contributed by atoms with Crippen molar-refractivity contribution in [3.8, 4) is 0 Å². The summed E-state index contributed by atoms with van der Waals surface area (Å²) in [7, 11) is 1.57. The van der Waals surface area contributed by atoms with Gasteiger partial charge in [-0.15, -0.1) is 0 Å². The highest BCUT2D eigenvalue weighted by molar-refractivity contribution is 5.81. The van der Waals surface area contributed by atoms with Gasteiger partial charge in [-0.05, 0) is 33.2 Å². The quantitative estimate of drug-likeness (QED) is 0.117. The fraction of sp³-hybridized carbons (Fsp3) is 0.957. The van der Waals surface area contributed by atoms with Gasteiger partial charge in [0.1, 0.15) is 36.1 Å². The molecule has 3 aliphatic rings. The van der Waals surface area contributed by atoms with Crippen molar-refractivity contribution in [2.75, 3.05) is 26.7 Å². The van der Waals surface area contributed by atoms with Gasteiger partial charge in [0.2, 0.25) is 0 Å². The number of amides is 1. The number of nitrogens with one attached hydrogen (secondary N) is 2. The van der Waals surface area contributed by atoms with E-state index in [0.717, 1.165) is 0 Å². The van der Waals surface area contributed by atoms with Crippen LogP contribution in [0, 0.1) is 0 Å². The number of likely N-dealkylation sites (N-methyl/N-ethyl adjacent to an activating group) is 1. The van der Waals surface area contributed by atoms with E-state index in [2.05, 4.69) is 10.6 Å². The molecule has 3 rings (SSSR count). The number of aliphatic hydroxyl groups excluding tert-OH is 3. The van der Waals surface area contributed by atoms with Crippen molar-refractivity contribution >= 4 is 5.91 Å². The highest BCUT2D eigenvalue weighted by Crippen LogP contribution is 2.32. The second-order valence-electron chi connectivity index (χ2n) is 10.9. The lowest BCUT2D eigenvalue weighted by atomic mass is 9.83. The summed E-state index contributed by atoms with van der Waals surface area (Å²) in [5.74, 6) is -0.838. The molecule has 3 fully saturated rings. The van der Waals surface area contributed by atoms with E-state index in [0.29, 0.717) is 12.8 Å². The maximum absolute atomic E-state index is 12.7.